The van der Waals surface area contributed by atoms with Gasteiger partial charge in [-0.2, -0.15) is 0 Å². The van der Waals surface area contributed by atoms with Crippen LogP contribution in [-0.4, -0.2) is 59.0 Å². The molecule has 0 unspecified atom stereocenters. The summed E-state index contributed by atoms with van der Waals surface area (Å²) in [6.07, 6.45) is 1.63. The predicted molar refractivity (Wildman–Crippen MR) is 106 cm³/mol. The summed E-state index contributed by atoms with van der Waals surface area (Å²) in [4.78, 5) is 27.6. The minimum Gasteiger partial charge on any atom is -0.480 e. The van der Waals surface area contributed by atoms with Gasteiger partial charge in [-0.3, -0.25) is 14.5 Å². The van der Waals surface area contributed by atoms with Crippen LogP contribution in [0.2, 0.25) is 0 Å². The highest BCUT2D eigenvalue weighted by Crippen LogP contribution is 2.22. The van der Waals surface area contributed by atoms with Gasteiger partial charge in [0.25, 0.3) is 5.91 Å². The number of nitrogens with zero attached hydrogens (tertiary/aromatic N) is 2. The molecular formula is C22H26N2O3. The Morgan fingerprint density at radius 1 is 1.00 bits per heavy atom. The Morgan fingerprint density at radius 3 is 2.15 bits per heavy atom. The monoisotopic (exact) mass is 366 g/mol. The first-order chi connectivity index (χ1) is 13.1. The molecule has 5 heteroatoms. The molecule has 5 nitrogen and oxygen atoms in total. The smallest absolute Gasteiger partial charge is 0.317 e. The fraction of sp³-hybridized carbons (Fsp3) is 0.364. The van der Waals surface area contributed by atoms with Gasteiger partial charge in [-0.05, 0) is 42.6 Å². The zero-order valence-corrected chi connectivity index (χ0v) is 15.7. The van der Waals surface area contributed by atoms with Gasteiger partial charge in [0.05, 0.1) is 6.54 Å². The lowest BCUT2D eigenvalue weighted by atomic mass is 10.0. The second kappa shape index (κ2) is 8.82. The third-order valence-corrected chi connectivity index (χ3v) is 5.25. The molecule has 2 aromatic carbocycles. The number of benzene rings is 2. The molecule has 3 rings (SSSR count). The minimum atomic E-state index is -0.797. The number of aliphatic carboxylic acids is 1. The van der Waals surface area contributed by atoms with Gasteiger partial charge in [0.2, 0.25) is 0 Å². The van der Waals surface area contributed by atoms with E-state index >= 15 is 0 Å². The first kappa shape index (κ1) is 19.1. The molecule has 0 radical (unpaired) electrons. The average Bonchev–Trinajstić information content (AvgIpc) is 2.72. The van der Waals surface area contributed by atoms with Crippen LogP contribution in [0.25, 0.3) is 11.1 Å². The van der Waals surface area contributed by atoms with E-state index in [0.717, 1.165) is 24.0 Å². The average molecular weight is 366 g/mol. The number of likely N-dealkylation sites (N-methyl/N-ethyl adjacent to an activating group) is 1. The van der Waals surface area contributed by atoms with Crippen molar-refractivity contribution in [2.24, 2.45) is 0 Å². The lowest BCUT2D eigenvalue weighted by molar-refractivity contribution is -0.139. The van der Waals surface area contributed by atoms with E-state index in [2.05, 4.69) is 12.1 Å². The van der Waals surface area contributed by atoms with Crippen LogP contribution in [0.4, 0.5) is 0 Å². The molecule has 1 aliphatic rings. The van der Waals surface area contributed by atoms with Crippen LogP contribution in [0.1, 0.15) is 30.1 Å². The highest BCUT2D eigenvalue weighted by molar-refractivity contribution is 5.94. The van der Waals surface area contributed by atoms with Gasteiger partial charge in [0.15, 0.2) is 0 Å². The van der Waals surface area contributed by atoms with E-state index in [9.17, 15) is 9.59 Å². The Hall–Kier alpha value is -2.66. The molecule has 1 N–H and O–H groups in total. The van der Waals surface area contributed by atoms with E-state index in [1.807, 2.05) is 59.2 Å². The van der Waals surface area contributed by atoms with Crippen LogP contribution in [0.15, 0.2) is 54.6 Å². The third kappa shape index (κ3) is 4.74. The summed E-state index contributed by atoms with van der Waals surface area (Å²) in [5, 5.41) is 9.03. The van der Waals surface area contributed by atoms with Gasteiger partial charge in [0.1, 0.15) is 0 Å². The van der Waals surface area contributed by atoms with Crippen molar-refractivity contribution < 1.29 is 14.7 Å². The molecule has 0 atom stereocenters. The maximum atomic E-state index is 12.8. The summed E-state index contributed by atoms with van der Waals surface area (Å²) >= 11 is 0. The maximum absolute atomic E-state index is 12.8. The second-order valence-electron chi connectivity index (χ2n) is 6.92. The van der Waals surface area contributed by atoms with Crippen LogP contribution >= 0.6 is 0 Å². The van der Waals surface area contributed by atoms with Crippen molar-refractivity contribution in [1.29, 1.82) is 0 Å². The van der Waals surface area contributed by atoms with E-state index in [1.54, 1.807) is 0 Å². The fourth-order valence-electron chi connectivity index (χ4n) is 3.73. The summed E-state index contributed by atoms with van der Waals surface area (Å²) < 4.78 is 0. The van der Waals surface area contributed by atoms with Gasteiger partial charge in [-0.25, -0.2) is 0 Å². The van der Waals surface area contributed by atoms with E-state index in [4.69, 9.17) is 5.11 Å². The zero-order chi connectivity index (χ0) is 19.2. The summed E-state index contributed by atoms with van der Waals surface area (Å²) in [5.74, 6) is -0.747. The molecule has 0 spiro atoms. The van der Waals surface area contributed by atoms with Crippen LogP contribution in [0, 0.1) is 0 Å². The molecule has 1 heterocycles. The number of carboxylic acid groups (broad SMARTS) is 1. The van der Waals surface area contributed by atoms with Crippen molar-refractivity contribution >= 4 is 11.9 Å². The second-order valence-corrected chi connectivity index (χ2v) is 6.92. The molecule has 0 aromatic heterocycles. The number of carbonyl (C=O) groups excluding carboxylic acids is 1. The topological polar surface area (TPSA) is 60.9 Å². The van der Waals surface area contributed by atoms with Crippen molar-refractivity contribution in [2.45, 2.75) is 25.8 Å². The highest BCUT2D eigenvalue weighted by atomic mass is 16.4. The number of carbonyl (C=O) groups is 2. The molecule has 2 aromatic rings. The Bertz CT molecular complexity index is 766. The first-order valence-electron chi connectivity index (χ1n) is 9.49. The van der Waals surface area contributed by atoms with Crippen molar-refractivity contribution in [3.63, 3.8) is 0 Å². The number of carboxylic acids is 1. The van der Waals surface area contributed by atoms with Crippen LogP contribution in [-0.2, 0) is 4.79 Å². The van der Waals surface area contributed by atoms with E-state index < -0.39 is 5.97 Å². The summed E-state index contributed by atoms with van der Waals surface area (Å²) in [6.45, 7) is 4.09. The zero-order valence-electron chi connectivity index (χ0n) is 15.7. The minimum absolute atomic E-state index is 0.0503. The van der Waals surface area contributed by atoms with Gasteiger partial charge in [0, 0.05) is 24.7 Å². The standard InChI is InChI=1S/C22H26N2O3/c1-2-23(16-21(25)26)20-12-14-24(15-13-20)22(27)19-10-8-18(9-11-19)17-6-4-3-5-7-17/h3-11,20H,2,12-16H2,1H3,(H,25,26). The number of hydrogen-bond acceptors (Lipinski definition) is 3. The number of rotatable bonds is 6. The van der Waals surface area contributed by atoms with Crippen molar-refractivity contribution in [3.8, 4) is 11.1 Å². The SMILES string of the molecule is CCN(CC(=O)O)C1CCN(C(=O)c2ccc(-c3ccccc3)cc2)CC1. The normalized spacial score (nSPS) is 15.1. The molecule has 27 heavy (non-hydrogen) atoms. The predicted octanol–water partition coefficient (Wildman–Crippen LogP) is 3.36. The first-order valence-corrected chi connectivity index (χ1v) is 9.49. The maximum Gasteiger partial charge on any atom is 0.317 e. The van der Waals surface area contributed by atoms with Crippen LogP contribution in [0.5, 0.6) is 0 Å². The van der Waals surface area contributed by atoms with Crippen LogP contribution in [0.3, 0.4) is 0 Å². The molecule has 0 bridgehead atoms. The summed E-state index contributed by atoms with van der Waals surface area (Å²) in [5.41, 5.74) is 2.93. The molecule has 1 fully saturated rings. The molecule has 1 aliphatic heterocycles. The van der Waals surface area contributed by atoms with E-state index in [0.29, 0.717) is 25.2 Å². The number of piperidine rings is 1. The fourth-order valence-corrected chi connectivity index (χ4v) is 3.73. The molecule has 0 aliphatic carbocycles. The number of likely N-dealkylation sites (tertiary alicyclic amines) is 1. The molecule has 1 amide bonds. The van der Waals surface area contributed by atoms with Gasteiger partial charge in [-0.15, -0.1) is 0 Å². The van der Waals surface area contributed by atoms with E-state index in [-0.39, 0.29) is 18.5 Å². The van der Waals surface area contributed by atoms with Gasteiger partial charge < -0.3 is 10.0 Å². The lowest BCUT2D eigenvalue weighted by Gasteiger charge is -2.37. The van der Waals surface area contributed by atoms with Gasteiger partial charge >= 0.3 is 5.97 Å². The molecule has 1 saturated heterocycles. The van der Waals surface area contributed by atoms with Crippen LogP contribution < -0.4 is 0 Å². The van der Waals surface area contributed by atoms with Crippen molar-refractivity contribution in [3.05, 3.63) is 60.2 Å². The number of amides is 1. The van der Waals surface area contributed by atoms with Crippen molar-refractivity contribution in [1.82, 2.24) is 9.80 Å². The van der Waals surface area contributed by atoms with Crippen molar-refractivity contribution in [2.75, 3.05) is 26.2 Å². The Labute approximate surface area is 160 Å². The summed E-state index contributed by atoms with van der Waals surface area (Å²) in [7, 11) is 0. The Kier molecular flexibility index (Phi) is 6.24. The Morgan fingerprint density at radius 2 is 1.59 bits per heavy atom. The summed E-state index contributed by atoms with van der Waals surface area (Å²) in [6, 6.07) is 18.1. The molecule has 142 valence electrons. The van der Waals surface area contributed by atoms with E-state index in [1.165, 1.54) is 0 Å². The Balaban J connectivity index is 1.60. The molecular weight excluding hydrogens is 340 g/mol. The third-order valence-electron chi connectivity index (χ3n) is 5.25. The quantitative estimate of drug-likeness (QED) is 0.852. The lowest BCUT2D eigenvalue weighted by Crippen LogP contribution is -2.48. The van der Waals surface area contributed by atoms with Gasteiger partial charge in [-0.1, -0.05) is 49.4 Å². The molecule has 0 saturated carbocycles. The highest BCUT2D eigenvalue weighted by Gasteiger charge is 2.27. The number of hydrogen-bond donors (Lipinski definition) is 1. The largest absolute Gasteiger partial charge is 0.480 e.